The van der Waals surface area contributed by atoms with E-state index in [1.807, 2.05) is 6.92 Å². The number of allylic oxidation sites excluding steroid dienone is 1. The van der Waals surface area contributed by atoms with Crippen LogP contribution in [0.25, 0.3) is 0 Å². The van der Waals surface area contributed by atoms with Crippen LogP contribution in [0.1, 0.15) is 13.3 Å². The molecule has 0 aliphatic carbocycles. The molecule has 0 spiro atoms. The van der Waals surface area contributed by atoms with Crippen LogP contribution in [0, 0.1) is 5.92 Å². The first-order valence-electron chi connectivity index (χ1n) is 3.71. The van der Waals surface area contributed by atoms with Crippen LogP contribution in [0.4, 0.5) is 0 Å². The maximum atomic E-state index is 11.1. The van der Waals surface area contributed by atoms with E-state index in [0.717, 1.165) is 17.1 Å². The largest absolute Gasteiger partial charge is 0.466 e. The molecule has 1 rings (SSSR count). The van der Waals surface area contributed by atoms with Crippen molar-refractivity contribution in [1.29, 1.82) is 0 Å². The van der Waals surface area contributed by atoms with Crippen molar-refractivity contribution in [1.82, 2.24) is 0 Å². The molecule has 0 aromatic carbocycles. The Morgan fingerprint density at radius 2 is 2.64 bits per heavy atom. The van der Waals surface area contributed by atoms with Crippen molar-refractivity contribution in [3.63, 3.8) is 0 Å². The van der Waals surface area contributed by atoms with E-state index in [0.29, 0.717) is 6.61 Å². The van der Waals surface area contributed by atoms with E-state index < -0.39 is 0 Å². The highest BCUT2D eigenvalue weighted by Crippen LogP contribution is 2.33. The topological polar surface area (TPSA) is 26.3 Å². The Hall–Kier alpha value is -0.440. The van der Waals surface area contributed by atoms with Gasteiger partial charge in [0.05, 0.1) is 12.5 Å². The summed E-state index contributed by atoms with van der Waals surface area (Å²) in [5, 5.41) is 0. The summed E-state index contributed by atoms with van der Waals surface area (Å²) < 4.78 is 4.88. The molecule has 0 aromatic rings. The molecule has 0 unspecified atom stereocenters. The van der Waals surface area contributed by atoms with Crippen LogP contribution in [0.15, 0.2) is 11.5 Å². The highest BCUT2D eigenvalue weighted by Gasteiger charge is 2.26. The number of rotatable bonds is 2. The fourth-order valence-corrected chi connectivity index (χ4v) is 2.03. The molecule has 3 heteroatoms. The van der Waals surface area contributed by atoms with Crippen molar-refractivity contribution in [3.05, 3.63) is 11.5 Å². The van der Waals surface area contributed by atoms with Crippen LogP contribution in [0.5, 0.6) is 0 Å². The molecule has 1 aliphatic rings. The van der Waals surface area contributed by atoms with E-state index in [-0.39, 0.29) is 11.9 Å². The van der Waals surface area contributed by atoms with Gasteiger partial charge < -0.3 is 4.74 Å². The second-order valence-electron chi connectivity index (χ2n) is 2.50. The van der Waals surface area contributed by atoms with Gasteiger partial charge in [0.1, 0.15) is 0 Å². The van der Waals surface area contributed by atoms with Gasteiger partial charge in [0.15, 0.2) is 0 Å². The van der Waals surface area contributed by atoms with Crippen LogP contribution in [-0.4, -0.2) is 18.3 Å². The molecule has 11 heavy (non-hydrogen) atoms. The average molecular weight is 172 g/mol. The number of thioether (sulfide) groups is 1. The molecular formula is C8H12O2S. The lowest BCUT2D eigenvalue weighted by Crippen LogP contribution is -2.16. The number of hydrogen-bond donors (Lipinski definition) is 0. The molecule has 1 saturated heterocycles. The lowest BCUT2D eigenvalue weighted by Gasteiger charge is -2.05. The van der Waals surface area contributed by atoms with Gasteiger partial charge in [0.2, 0.25) is 0 Å². The third kappa shape index (κ3) is 2.26. The monoisotopic (exact) mass is 172 g/mol. The zero-order chi connectivity index (χ0) is 8.27. The van der Waals surface area contributed by atoms with E-state index in [1.165, 1.54) is 0 Å². The number of ether oxygens (including phenoxy) is 1. The molecule has 2 nitrogen and oxygen atoms in total. The third-order valence-corrected chi connectivity index (χ3v) is 2.73. The van der Waals surface area contributed by atoms with E-state index in [1.54, 1.807) is 11.8 Å². The fourth-order valence-electron chi connectivity index (χ4n) is 1.02. The Kier molecular flexibility index (Phi) is 3.00. The van der Waals surface area contributed by atoms with E-state index in [2.05, 4.69) is 6.58 Å². The van der Waals surface area contributed by atoms with Crippen molar-refractivity contribution >= 4 is 17.7 Å². The summed E-state index contributed by atoms with van der Waals surface area (Å²) in [6, 6.07) is 0. The summed E-state index contributed by atoms with van der Waals surface area (Å²) in [5.41, 5.74) is 0. The fraction of sp³-hybridized carbons (Fsp3) is 0.625. The van der Waals surface area contributed by atoms with Gasteiger partial charge in [0.25, 0.3) is 0 Å². The highest BCUT2D eigenvalue weighted by atomic mass is 32.2. The molecule has 0 N–H and O–H groups in total. The van der Waals surface area contributed by atoms with Gasteiger partial charge in [-0.2, -0.15) is 0 Å². The van der Waals surface area contributed by atoms with Crippen LogP contribution < -0.4 is 0 Å². The van der Waals surface area contributed by atoms with Crippen molar-refractivity contribution in [3.8, 4) is 0 Å². The van der Waals surface area contributed by atoms with Gasteiger partial charge in [-0.05, 0) is 18.2 Å². The van der Waals surface area contributed by atoms with Gasteiger partial charge in [-0.25, -0.2) is 0 Å². The van der Waals surface area contributed by atoms with Crippen molar-refractivity contribution in [2.24, 2.45) is 5.92 Å². The minimum absolute atomic E-state index is 0.0625. The number of carbonyl (C=O) groups is 1. The van der Waals surface area contributed by atoms with Crippen LogP contribution in [-0.2, 0) is 9.53 Å². The van der Waals surface area contributed by atoms with E-state index >= 15 is 0 Å². The lowest BCUT2D eigenvalue weighted by molar-refractivity contribution is -0.146. The predicted molar refractivity (Wildman–Crippen MR) is 46.3 cm³/mol. The molecular weight excluding hydrogens is 160 g/mol. The van der Waals surface area contributed by atoms with Crippen molar-refractivity contribution in [2.45, 2.75) is 13.3 Å². The zero-order valence-corrected chi connectivity index (χ0v) is 7.45. The Bertz CT molecular complexity index is 177. The Morgan fingerprint density at radius 3 is 3.09 bits per heavy atom. The Morgan fingerprint density at radius 1 is 1.91 bits per heavy atom. The molecule has 1 fully saturated rings. The lowest BCUT2D eigenvalue weighted by atomic mass is 10.1. The molecule has 1 heterocycles. The van der Waals surface area contributed by atoms with Crippen LogP contribution >= 0.6 is 11.8 Å². The summed E-state index contributed by atoms with van der Waals surface area (Å²) in [6.45, 7) is 6.11. The summed E-state index contributed by atoms with van der Waals surface area (Å²) >= 11 is 1.66. The van der Waals surface area contributed by atoms with Crippen molar-refractivity contribution < 1.29 is 9.53 Å². The van der Waals surface area contributed by atoms with Gasteiger partial charge in [-0.3, -0.25) is 4.79 Å². The normalized spacial score (nSPS) is 23.7. The predicted octanol–water partition coefficient (Wildman–Crippen LogP) is 1.82. The van der Waals surface area contributed by atoms with Gasteiger partial charge in [-0.15, -0.1) is 11.8 Å². The van der Waals surface area contributed by atoms with Gasteiger partial charge in [-0.1, -0.05) is 6.58 Å². The van der Waals surface area contributed by atoms with Crippen LogP contribution in [0.3, 0.4) is 0 Å². The first kappa shape index (κ1) is 8.65. The van der Waals surface area contributed by atoms with Crippen LogP contribution in [0.2, 0.25) is 0 Å². The highest BCUT2D eigenvalue weighted by molar-refractivity contribution is 8.03. The molecule has 1 atom stereocenters. The smallest absolute Gasteiger partial charge is 0.310 e. The van der Waals surface area contributed by atoms with Gasteiger partial charge in [0, 0.05) is 5.75 Å². The maximum Gasteiger partial charge on any atom is 0.310 e. The number of hydrogen-bond acceptors (Lipinski definition) is 3. The minimum atomic E-state index is -0.0707. The second kappa shape index (κ2) is 3.81. The van der Waals surface area contributed by atoms with Crippen molar-refractivity contribution in [2.75, 3.05) is 12.4 Å². The Labute approximate surface area is 71.0 Å². The van der Waals surface area contributed by atoms with E-state index in [4.69, 9.17) is 4.74 Å². The standard InChI is InChI=1S/C8H12O2S/c1-3-10-8(9)7-4-6(2)11-5-7/h7H,2-5H2,1H3/t7-/m0/s1. The zero-order valence-electron chi connectivity index (χ0n) is 6.63. The minimum Gasteiger partial charge on any atom is -0.466 e. The molecule has 0 aromatic heterocycles. The molecule has 0 saturated carbocycles. The molecule has 1 aliphatic heterocycles. The average Bonchev–Trinajstić information content (AvgIpc) is 2.36. The second-order valence-corrected chi connectivity index (χ2v) is 3.70. The Balaban J connectivity index is 2.37. The molecule has 0 amide bonds. The molecule has 0 radical (unpaired) electrons. The maximum absolute atomic E-state index is 11.1. The number of carbonyl (C=O) groups excluding carboxylic acids is 1. The summed E-state index contributed by atoms with van der Waals surface area (Å²) in [5.74, 6) is 0.837. The number of esters is 1. The SMILES string of the molecule is C=C1C[C@H](C(=O)OCC)CS1. The van der Waals surface area contributed by atoms with E-state index in [9.17, 15) is 4.79 Å². The molecule has 62 valence electrons. The summed E-state index contributed by atoms with van der Waals surface area (Å²) in [6.07, 6.45) is 0.795. The first-order valence-corrected chi connectivity index (χ1v) is 4.69. The third-order valence-electron chi connectivity index (χ3n) is 1.58. The van der Waals surface area contributed by atoms with Gasteiger partial charge >= 0.3 is 5.97 Å². The summed E-state index contributed by atoms with van der Waals surface area (Å²) in [7, 11) is 0. The quantitative estimate of drug-likeness (QED) is 0.594. The first-order chi connectivity index (χ1) is 5.24. The molecule has 0 bridgehead atoms. The summed E-state index contributed by atoms with van der Waals surface area (Å²) in [4.78, 5) is 12.2.